The number of rotatable bonds is 2. The zero-order chi connectivity index (χ0) is 23.0. The van der Waals surface area contributed by atoms with Gasteiger partial charge in [0.05, 0.1) is 4.92 Å². The zero-order valence-electron chi connectivity index (χ0n) is 14.5. The molecule has 0 radical (unpaired) electrons. The van der Waals surface area contributed by atoms with Gasteiger partial charge in [-0.25, -0.2) is 0 Å². The molecule has 4 heterocycles. The highest BCUT2D eigenvalue weighted by molar-refractivity contribution is 5.75. The molecule has 1 unspecified atom stereocenters. The minimum absolute atomic E-state index is 0.0654. The number of quaternary nitrogens is 1. The number of carboxylic acid groups (broad SMARTS) is 2. The van der Waals surface area contributed by atoms with Gasteiger partial charge in [0, 0.05) is 5.10 Å². The molecule has 1 aliphatic rings. The average Bonchev–Trinajstić information content (AvgIpc) is 3.52. The lowest BCUT2D eigenvalue weighted by molar-refractivity contribution is -0.858. The molecule has 3 aromatic rings. The molecule has 0 fully saturated rings. The van der Waals surface area contributed by atoms with Crippen LogP contribution in [0.1, 0.15) is 0 Å². The van der Waals surface area contributed by atoms with Gasteiger partial charge in [-0.3, -0.25) is 16.0 Å². The molecule has 31 heavy (non-hydrogen) atoms. The van der Waals surface area contributed by atoms with Crippen LogP contribution in [0.4, 0.5) is 21.5 Å². The van der Waals surface area contributed by atoms with Gasteiger partial charge < -0.3 is 25.5 Å². The number of anilines is 1. The first kappa shape index (κ1) is 21.7. The van der Waals surface area contributed by atoms with Gasteiger partial charge in [0.1, 0.15) is 0 Å². The number of nitrogens with zero attached hydrogens (tertiary/aromatic N) is 14. The van der Waals surface area contributed by atoms with E-state index in [9.17, 15) is 29.9 Å². The highest BCUT2D eigenvalue weighted by atomic mass is 16.6. The molecule has 24 heteroatoms. The Morgan fingerprint density at radius 3 is 1.84 bits per heavy atom. The second kappa shape index (κ2) is 9.59. The van der Waals surface area contributed by atoms with Gasteiger partial charge >= 0.3 is 17.6 Å². The second-order valence-electron chi connectivity index (χ2n) is 4.60. The number of hydrogen-bond donors (Lipinski definition) is 4. The van der Waals surface area contributed by atoms with Gasteiger partial charge in [0.15, 0.2) is 18.4 Å². The number of nitrogen functional groups attached to an aromatic ring is 2. The van der Waals surface area contributed by atoms with Gasteiger partial charge in [-0.15, -0.1) is 5.10 Å². The van der Waals surface area contributed by atoms with Gasteiger partial charge in [-0.1, -0.05) is 24.4 Å². The largest absolute Gasteiger partial charge is 0.527 e. The summed E-state index contributed by atoms with van der Waals surface area (Å²) in [4.78, 5) is 29.8. The van der Waals surface area contributed by atoms with Crippen molar-refractivity contribution in [2.75, 3.05) is 11.6 Å². The van der Waals surface area contributed by atoms with Gasteiger partial charge in [0.2, 0.25) is 6.20 Å². The van der Waals surface area contributed by atoms with E-state index < -0.39 is 17.1 Å². The first-order valence-corrected chi connectivity index (χ1v) is 7.14. The van der Waals surface area contributed by atoms with Crippen LogP contribution in [0.25, 0.3) is 0 Å². The lowest BCUT2D eigenvalue weighted by Crippen LogP contribution is -2.99. The Hall–Kier alpha value is -5.55. The van der Waals surface area contributed by atoms with Crippen LogP contribution in [0, 0.1) is 10.1 Å². The Morgan fingerprint density at radius 1 is 1.06 bits per heavy atom. The molecule has 0 bridgehead atoms. The van der Waals surface area contributed by atoms with E-state index in [1.165, 1.54) is 6.20 Å². The molecule has 4 rings (SSSR count). The van der Waals surface area contributed by atoms with Crippen molar-refractivity contribution in [2.24, 2.45) is 5.10 Å². The zero-order valence-corrected chi connectivity index (χ0v) is 14.5. The van der Waals surface area contributed by atoms with Crippen LogP contribution in [-0.2, 0) is 0 Å². The Kier molecular flexibility index (Phi) is 6.73. The first-order chi connectivity index (χ1) is 14.7. The highest BCUT2D eigenvalue weighted by Gasteiger charge is 2.31. The molecule has 1 aliphatic heterocycles. The first-order valence-electron chi connectivity index (χ1n) is 7.14. The summed E-state index contributed by atoms with van der Waals surface area (Å²) in [7, 11) is 0. The highest BCUT2D eigenvalue weighted by Crippen LogP contribution is 1.95. The summed E-state index contributed by atoms with van der Waals surface area (Å²) in [6.45, 7) is 0. The van der Waals surface area contributed by atoms with Crippen LogP contribution < -0.4 is 31.5 Å². The van der Waals surface area contributed by atoms with E-state index in [-0.39, 0.29) is 21.2 Å². The fraction of sp³-hybridized carbons (Fsp3) is 0. The number of nitro groups is 1. The fourth-order valence-corrected chi connectivity index (χ4v) is 1.50. The topological polar surface area (TPSA) is 338 Å². The average molecular weight is 440 g/mol. The molecule has 0 saturated heterocycles. The predicted octanol–water partition coefficient (Wildman–Crippen LogP) is -8.85. The number of allylic oxidation sites excluding steroid dienone is 1. The molecule has 3 aromatic heterocycles. The lowest BCUT2D eigenvalue weighted by atomic mass is 10.5. The van der Waals surface area contributed by atoms with E-state index >= 15 is 0 Å². The Balaban J connectivity index is 0.000000181. The molecule has 162 valence electrons. The monoisotopic (exact) mass is 440 g/mol. The molecule has 0 aromatic carbocycles. The standard InChI is InChI=1S/C5H6N8O2.2CHN5O2/c6-4-9-10-5(12(4)7)11-2-3(1-8-11)13(14)15;2*7-1(8)6-4-2-3-5-6/h1-2H,7H2,(H2,6,9);2*(H,7,8). The third kappa shape index (κ3) is 5.71. The van der Waals surface area contributed by atoms with Crippen molar-refractivity contribution in [1.82, 2.24) is 61.5 Å². The van der Waals surface area contributed by atoms with Crippen molar-refractivity contribution in [3.63, 3.8) is 0 Å². The number of hydrogen-bond acceptors (Lipinski definition) is 18. The predicted molar refractivity (Wildman–Crippen MR) is 80.3 cm³/mol. The number of aromatic nitrogens is 13. The summed E-state index contributed by atoms with van der Waals surface area (Å²) in [6, 6.07) is 0. The number of H-pyrrole nitrogens is 1. The van der Waals surface area contributed by atoms with Crippen molar-refractivity contribution < 1.29 is 34.4 Å². The van der Waals surface area contributed by atoms with E-state index in [4.69, 9.17) is 11.6 Å². The normalized spacial score (nSPS) is 13.9. The van der Waals surface area contributed by atoms with E-state index in [1.54, 1.807) is 0 Å². The van der Waals surface area contributed by atoms with Crippen molar-refractivity contribution in [3.05, 3.63) is 22.0 Å². The van der Waals surface area contributed by atoms with Crippen LogP contribution in [0.15, 0.2) is 17.0 Å². The van der Waals surface area contributed by atoms with Crippen LogP contribution in [0.3, 0.4) is 0 Å². The fourth-order valence-electron chi connectivity index (χ4n) is 1.50. The maximum Gasteiger partial charge on any atom is 0.454 e. The van der Waals surface area contributed by atoms with Crippen molar-refractivity contribution in [1.29, 1.82) is 0 Å². The molecule has 6 N–H and O–H groups in total. The van der Waals surface area contributed by atoms with Gasteiger partial charge in [-0.05, 0) is 41.7 Å². The third-order valence-corrected chi connectivity index (χ3v) is 2.74. The summed E-state index contributed by atoms with van der Waals surface area (Å²) in [5.74, 6) is 5.88. The molecule has 24 nitrogen and oxygen atoms in total. The van der Waals surface area contributed by atoms with Crippen LogP contribution >= 0.6 is 0 Å². The minimum Gasteiger partial charge on any atom is -0.527 e. The van der Waals surface area contributed by atoms with E-state index in [2.05, 4.69) is 57.0 Å². The Morgan fingerprint density at radius 2 is 1.55 bits per heavy atom. The Labute approximate surface area is 166 Å². The van der Waals surface area contributed by atoms with E-state index in [0.29, 0.717) is 11.0 Å². The van der Waals surface area contributed by atoms with Crippen LogP contribution in [-0.4, -0.2) is 84.8 Å². The quantitative estimate of drug-likeness (QED) is 0.124. The number of nitrogens with two attached hydrogens (primary N) is 2. The number of aromatic amines is 1. The molecule has 0 aliphatic carbocycles. The number of carbonyl (C=O) groups excluding carboxylic acids is 2. The lowest BCUT2D eigenvalue weighted by Gasteiger charge is -1.95. The summed E-state index contributed by atoms with van der Waals surface area (Å²) in [6.07, 6.45) is -0.687. The van der Waals surface area contributed by atoms with Crippen molar-refractivity contribution in [3.8, 4) is 0 Å². The molecule has 0 amide bonds. The van der Waals surface area contributed by atoms with Crippen LogP contribution in [0.5, 0.6) is 0 Å². The number of carbonyl (C=O) groups is 2. The molecule has 0 saturated carbocycles. The van der Waals surface area contributed by atoms with Gasteiger partial charge in [-0.2, -0.15) is 0 Å². The molecular weight excluding hydrogens is 432 g/mol. The van der Waals surface area contributed by atoms with Crippen molar-refractivity contribution >= 4 is 30.3 Å². The Bertz CT molecular complexity index is 1050. The van der Waals surface area contributed by atoms with Gasteiger partial charge in [0.25, 0.3) is 0 Å². The van der Waals surface area contributed by atoms with E-state index in [0.717, 1.165) is 10.9 Å². The maximum atomic E-state index is 10.4. The summed E-state index contributed by atoms with van der Waals surface area (Å²) >= 11 is 0. The molecule has 0 spiro atoms. The third-order valence-electron chi connectivity index (χ3n) is 2.74. The molecular formula is C7H8N18O6. The summed E-state index contributed by atoms with van der Waals surface area (Å²) in [5.41, 5.74) is 5.27. The minimum atomic E-state index is -1.55. The summed E-state index contributed by atoms with van der Waals surface area (Å²) < 4.78 is 1.06. The smallest absolute Gasteiger partial charge is 0.454 e. The molecule has 1 atom stereocenters. The van der Waals surface area contributed by atoms with Crippen LogP contribution in [0.2, 0.25) is 0 Å². The summed E-state index contributed by atoms with van der Waals surface area (Å²) in [5, 5.41) is 63.2. The number of nitrogens with one attached hydrogen (secondary N) is 2. The maximum absolute atomic E-state index is 10.4. The second-order valence-corrected chi connectivity index (χ2v) is 4.60. The SMILES string of the molecule is Nc1n[nH]c([NH+]2C=C([N+](=O)[O-])C=N2)[n+]1N.O=C([O-])n1nnnn1.O=C([O-])n1nnnn1. The van der Waals surface area contributed by atoms with E-state index in [1.807, 2.05) is 0 Å². The van der Waals surface area contributed by atoms with Crippen molar-refractivity contribution in [2.45, 2.75) is 0 Å².